The molecule has 8 atom stereocenters. The number of aryl methyl sites for hydroxylation is 1. The molecule has 0 aliphatic heterocycles. The molecule has 9 heteroatoms. The number of hydrogen-bond acceptors (Lipinski definition) is 9. The minimum absolute atomic E-state index is 0.0200. The van der Waals surface area contributed by atoms with Gasteiger partial charge in [0.15, 0.2) is 5.16 Å². The molecule has 238 valence electrons. The fraction of sp³-hybridized carbons (Fsp3) is 0.735. The number of hydrogen-bond donors (Lipinski definition) is 1. The smallest absolute Gasteiger partial charge is 0.341 e. The largest absolute Gasteiger partial charge is 0.465 e. The molecule has 1 aromatic heterocycles. The molecule has 3 fully saturated rings. The van der Waals surface area contributed by atoms with Crippen molar-refractivity contribution in [1.29, 1.82) is 0 Å². The summed E-state index contributed by atoms with van der Waals surface area (Å²) in [6.45, 7) is 18.4. The van der Waals surface area contributed by atoms with Crippen molar-refractivity contribution in [2.45, 2.75) is 117 Å². The average molecular weight is 615 g/mol. The molecule has 0 aromatic carbocycles. The number of methoxy groups -OCH3 is 1. The second kappa shape index (κ2) is 12.6. The Morgan fingerprint density at radius 3 is 2.47 bits per heavy atom. The molecule has 0 saturated heterocycles. The Bertz CT molecular complexity index is 1270. The summed E-state index contributed by atoms with van der Waals surface area (Å²) < 4.78 is 11.4. The lowest BCUT2D eigenvalue weighted by atomic mass is 9.44. The van der Waals surface area contributed by atoms with Crippen LogP contribution < -0.4 is 0 Å². The van der Waals surface area contributed by atoms with E-state index in [0.29, 0.717) is 34.9 Å². The lowest BCUT2D eigenvalue weighted by molar-refractivity contribution is -0.205. The van der Waals surface area contributed by atoms with E-state index in [0.717, 1.165) is 32.1 Å². The number of aliphatic hydroxyl groups is 1. The summed E-state index contributed by atoms with van der Waals surface area (Å²) in [6.07, 6.45) is 5.59. The molecule has 1 aromatic rings. The molecule has 43 heavy (non-hydrogen) atoms. The second-order valence-electron chi connectivity index (χ2n) is 13.7. The second-order valence-corrected chi connectivity index (χ2v) is 14.7. The highest BCUT2D eigenvalue weighted by Crippen LogP contribution is 2.68. The fourth-order valence-electron chi connectivity index (χ4n) is 8.78. The first-order valence-corrected chi connectivity index (χ1v) is 16.9. The maximum Gasteiger partial charge on any atom is 0.341 e. The van der Waals surface area contributed by atoms with Gasteiger partial charge in [0.2, 0.25) is 0 Å². The Labute approximate surface area is 261 Å². The predicted octanol–water partition coefficient (Wildman–Crippen LogP) is 6.47. The van der Waals surface area contributed by atoms with Gasteiger partial charge in [0.1, 0.15) is 17.5 Å². The van der Waals surface area contributed by atoms with E-state index in [1.807, 2.05) is 6.92 Å². The number of esters is 2. The van der Waals surface area contributed by atoms with E-state index in [4.69, 9.17) is 14.5 Å². The van der Waals surface area contributed by atoms with E-state index in [-0.39, 0.29) is 40.6 Å². The molecule has 3 saturated carbocycles. The lowest BCUT2D eigenvalue weighted by Gasteiger charge is -2.61. The minimum atomic E-state index is -0.708. The Morgan fingerprint density at radius 1 is 1.19 bits per heavy atom. The third-order valence-electron chi connectivity index (χ3n) is 11.8. The summed E-state index contributed by atoms with van der Waals surface area (Å²) in [5.41, 5.74) is -0.0249. The first-order valence-electron chi connectivity index (χ1n) is 15.9. The van der Waals surface area contributed by atoms with Gasteiger partial charge in [-0.2, -0.15) is 0 Å². The van der Waals surface area contributed by atoms with Crippen molar-refractivity contribution in [2.75, 3.05) is 12.9 Å². The molecule has 1 N–H and O–H groups in total. The van der Waals surface area contributed by atoms with Gasteiger partial charge >= 0.3 is 11.9 Å². The fourth-order valence-corrected chi connectivity index (χ4v) is 9.46. The normalized spacial score (nSPS) is 35.6. The van der Waals surface area contributed by atoms with Crippen LogP contribution in [-0.2, 0) is 19.1 Å². The van der Waals surface area contributed by atoms with E-state index in [1.165, 1.54) is 18.9 Å². The first kappa shape index (κ1) is 33.6. The van der Waals surface area contributed by atoms with Crippen molar-refractivity contribution in [3.8, 4) is 0 Å². The van der Waals surface area contributed by atoms with Crippen molar-refractivity contribution in [2.24, 2.45) is 34.0 Å². The Balaban J connectivity index is 1.65. The molecule has 4 rings (SSSR count). The zero-order valence-corrected chi connectivity index (χ0v) is 28.0. The zero-order chi connectivity index (χ0) is 31.9. The number of rotatable bonds is 9. The Kier molecular flexibility index (Phi) is 9.87. The summed E-state index contributed by atoms with van der Waals surface area (Å²) in [5, 5.41) is 12.1. The average Bonchev–Trinajstić information content (AvgIpc) is 3.34. The van der Waals surface area contributed by atoms with E-state index in [9.17, 15) is 19.5 Å². The molecule has 0 amide bonds. The van der Waals surface area contributed by atoms with Crippen molar-refractivity contribution < 1.29 is 29.0 Å². The topological polar surface area (TPSA) is 116 Å². The molecular formula is C34H50N2O6S. The van der Waals surface area contributed by atoms with Crippen molar-refractivity contribution in [1.82, 2.24) is 9.97 Å². The number of nitrogens with zero attached hydrogens (tertiary/aromatic N) is 2. The van der Waals surface area contributed by atoms with Crippen LogP contribution in [0.3, 0.4) is 0 Å². The number of aromatic nitrogens is 2. The predicted molar refractivity (Wildman–Crippen MR) is 167 cm³/mol. The molecule has 1 heterocycles. The van der Waals surface area contributed by atoms with Gasteiger partial charge in [-0.25, -0.2) is 14.8 Å². The van der Waals surface area contributed by atoms with Gasteiger partial charge in [-0.3, -0.25) is 9.59 Å². The van der Waals surface area contributed by atoms with E-state index in [2.05, 4.69) is 46.2 Å². The summed E-state index contributed by atoms with van der Waals surface area (Å²) in [5.74, 6) is -0.803. The van der Waals surface area contributed by atoms with Crippen LogP contribution in [0, 0.1) is 40.9 Å². The molecule has 3 aliphatic carbocycles. The summed E-state index contributed by atoms with van der Waals surface area (Å²) in [4.78, 5) is 49.1. The SMILES string of the molecule is C=C[C@]1(C)C[C@@H](OC(=O)CSc2nc(C)c(C(=O)OC)c(C(CC)CC)n2)[C@]2(C)[C@H](C)CC[C@]3(CCC(=O)[C@H]32)[C@@H](C)[C@@H]1O. The van der Waals surface area contributed by atoms with Crippen LogP contribution in [0.15, 0.2) is 17.8 Å². The number of carbonyl (C=O) groups excluding carboxylic acids is 3. The Hall–Kier alpha value is -2.26. The maximum atomic E-state index is 13.6. The molecule has 0 spiro atoms. The van der Waals surface area contributed by atoms with Crippen LogP contribution in [0.25, 0.3) is 0 Å². The molecular weight excluding hydrogens is 564 g/mol. The van der Waals surface area contributed by atoms with Gasteiger partial charge in [0.25, 0.3) is 0 Å². The number of ether oxygens (including phenoxy) is 2. The van der Waals surface area contributed by atoms with Gasteiger partial charge in [-0.1, -0.05) is 59.4 Å². The summed E-state index contributed by atoms with van der Waals surface area (Å²) in [6, 6.07) is 0. The maximum absolute atomic E-state index is 13.6. The van der Waals surface area contributed by atoms with E-state index < -0.39 is 35.0 Å². The van der Waals surface area contributed by atoms with Crippen LogP contribution in [-0.4, -0.2) is 57.9 Å². The first-order chi connectivity index (χ1) is 20.2. The van der Waals surface area contributed by atoms with Crippen LogP contribution in [0.5, 0.6) is 0 Å². The zero-order valence-electron chi connectivity index (χ0n) is 27.2. The highest BCUT2D eigenvalue weighted by atomic mass is 32.2. The number of thioether (sulfide) groups is 1. The van der Waals surface area contributed by atoms with Gasteiger partial charge in [0.05, 0.1) is 30.4 Å². The molecule has 0 radical (unpaired) electrons. The van der Waals surface area contributed by atoms with Crippen molar-refractivity contribution in [3.63, 3.8) is 0 Å². The van der Waals surface area contributed by atoms with Crippen LogP contribution in [0.1, 0.15) is 114 Å². The third-order valence-corrected chi connectivity index (χ3v) is 12.6. The number of Topliss-reactive ketones (excluding diaryl/α,β-unsaturated/α-hetero) is 1. The van der Waals surface area contributed by atoms with Gasteiger partial charge in [-0.15, -0.1) is 6.58 Å². The summed E-state index contributed by atoms with van der Waals surface area (Å²) in [7, 11) is 1.35. The van der Waals surface area contributed by atoms with E-state index >= 15 is 0 Å². The minimum Gasteiger partial charge on any atom is -0.465 e. The standard InChI is InChI=1S/C34H50N2O6S/c1-10-22(11-2)27-26(30(40)41-9)21(6)35-31(36-27)43-18-25(38)42-24-17-32(7,12-3)29(39)20(5)34-15-13-19(4)33(24,8)28(34)23(37)14-16-34/h12,19-20,22,24,28-29,39H,3,10-11,13-18H2,1-2,4-9H3/t19-,20+,24-,28+,29+,32-,33+,34+/m1/s1. The van der Waals surface area contributed by atoms with Gasteiger partial charge in [-0.05, 0) is 62.7 Å². The Morgan fingerprint density at radius 2 is 1.86 bits per heavy atom. The summed E-state index contributed by atoms with van der Waals surface area (Å²) >= 11 is 1.18. The van der Waals surface area contributed by atoms with Crippen LogP contribution >= 0.6 is 11.8 Å². The highest BCUT2D eigenvalue weighted by molar-refractivity contribution is 7.99. The molecule has 0 unspecified atom stereocenters. The monoisotopic (exact) mass is 614 g/mol. The molecule has 3 aliphatic rings. The van der Waals surface area contributed by atoms with Crippen molar-refractivity contribution >= 4 is 29.5 Å². The number of ketones is 1. The quantitative estimate of drug-likeness (QED) is 0.145. The van der Waals surface area contributed by atoms with E-state index in [1.54, 1.807) is 13.0 Å². The van der Waals surface area contributed by atoms with Crippen LogP contribution in [0.4, 0.5) is 0 Å². The number of carbonyl (C=O) groups is 3. The molecule has 2 bridgehead atoms. The van der Waals surface area contributed by atoms with Gasteiger partial charge < -0.3 is 14.6 Å². The van der Waals surface area contributed by atoms with Crippen molar-refractivity contribution in [3.05, 3.63) is 29.6 Å². The number of aliphatic hydroxyl groups excluding tert-OH is 1. The van der Waals surface area contributed by atoms with Crippen LogP contribution in [0.2, 0.25) is 0 Å². The highest BCUT2D eigenvalue weighted by Gasteiger charge is 2.68. The van der Waals surface area contributed by atoms with Gasteiger partial charge in [0, 0.05) is 29.1 Å². The molecule has 8 nitrogen and oxygen atoms in total. The lowest BCUT2D eigenvalue weighted by Crippen LogP contribution is -2.63. The third kappa shape index (κ3) is 5.58.